The zero-order valence-electron chi connectivity index (χ0n) is 14.8. The molecule has 1 aliphatic carbocycles. The molecule has 0 aromatic heterocycles. The highest BCUT2D eigenvalue weighted by Gasteiger charge is 2.27. The molecule has 0 atom stereocenters. The van der Waals surface area contributed by atoms with Crippen molar-refractivity contribution < 1.29 is 23.0 Å². The minimum atomic E-state index is -0.821. The lowest BCUT2D eigenvalue weighted by Crippen LogP contribution is -2.14. The summed E-state index contributed by atoms with van der Waals surface area (Å²) in [4.78, 5) is 0. The standard InChI is InChI=1S/C21H23F3O2/c1-2-26-12-16-7-9-17(21(24)20(16)23)14-5-3-13(4-6-14)15-8-10-19(25)18(22)11-15/h7-11,13-14,25H,2-6,12H2,1H3. The van der Waals surface area contributed by atoms with Gasteiger partial charge in [-0.25, -0.2) is 13.2 Å². The third kappa shape index (κ3) is 3.88. The summed E-state index contributed by atoms with van der Waals surface area (Å²) in [6, 6.07) is 7.72. The van der Waals surface area contributed by atoms with Gasteiger partial charge in [-0.1, -0.05) is 18.2 Å². The summed E-state index contributed by atoms with van der Waals surface area (Å²) in [6.07, 6.45) is 2.98. The molecule has 5 heteroatoms. The highest BCUT2D eigenvalue weighted by molar-refractivity contribution is 5.32. The van der Waals surface area contributed by atoms with E-state index in [9.17, 15) is 18.3 Å². The number of phenolic OH excluding ortho intramolecular Hbond substituents is 1. The SMILES string of the molecule is CCOCc1ccc(C2CCC(c3ccc(O)c(F)c3)CC2)c(F)c1F. The van der Waals surface area contributed by atoms with Crippen LogP contribution < -0.4 is 0 Å². The third-order valence-electron chi connectivity index (χ3n) is 5.26. The Balaban J connectivity index is 1.69. The highest BCUT2D eigenvalue weighted by Crippen LogP contribution is 2.42. The topological polar surface area (TPSA) is 29.5 Å². The average molecular weight is 364 g/mol. The summed E-state index contributed by atoms with van der Waals surface area (Å²) in [5.41, 5.74) is 1.50. The van der Waals surface area contributed by atoms with E-state index in [2.05, 4.69) is 0 Å². The van der Waals surface area contributed by atoms with Crippen molar-refractivity contribution in [3.05, 3.63) is 64.5 Å². The molecular weight excluding hydrogens is 341 g/mol. The van der Waals surface area contributed by atoms with Crippen LogP contribution in [0.25, 0.3) is 0 Å². The Morgan fingerprint density at radius 2 is 1.65 bits per heavy atom. The van der Waals surface area contributed by atoms with Crippen molar-refractivity contribution in [3.8, 4) is 5.75 Å². The van der Waals surface area contributed by atoms with Crippen molar-refractivity contribution in [3.63, 3.8) is 0 Å². The maximum Gasteiger partial charge on any atom is 0.165 e. The Hall–Kier alpha value is -2.01. The van der Waals surface area contributed by atoms with Crippen LogP contribution in [0.3, 0.4) is 0 Å². The maximum absolute atomic E-state index is 14.5. The zero-order valence-corrected chi connectivity index (χ0v) is 14.8. The van der Waals surface area contributed by atoms with Crippen molar-refractivity contribution >= 4 is 0 Å². The molecule has 1 N–H and O–H groups in total. The molecule has 1 saturated carbocycles. The molecule has 1 aliphatic rings. The predicted molar refractivity (Wildman–Crippen MR) is 93.7 cm³/mol. The number of ether oxygens (including phenoxy) is 1. The fraction of sp³-hybridized carbons (Fsp3) is 0.429. The summed E-state index contributed by atoms with van der Waals surface area (Å²) in [5.74, 6) is -2.44. The monoisotopic (exact) mass is 364 g/mol. The van der Waals surface area contributed by atoms with Gasteiger partial charge in [-0.3, -0.25) is 0 Å². The van der Waals surface area contributed by atoms with Crippen LogP contribution in [-0.2, 0) is 11.3 Å². The van der Waals surface area contributed by atoms with E-state index in [0.717, 1.165) is 18.4 Å². The van der Waals surface area contributed by atoms with Gasteiger partial charge in [0.15, 0.2) is 23.2 Å². The molecule has 0 aliphatic heterocycles. The molecule has 2 aromatic carbocycles. The van der Waals surface area contributed by atoms with Crippen LogP contribution >= 0.6 is 0 Å². The molecule has 3 rings (SSSR count). The quantitative estimate of drug-likeness (QED) is 0.728. The lowest BCUT2D eigenvalue weighted by molar-refractivity contribution is 0.131. The van der Waals surface area contributed by atoms with Crippen LogP contribution in [0.4, 0.5) is 13.2 Å². The molecule has 0 saturated heterocycles. The zero-order chi connectivity index (χ0) is 18.7. The number of hydrogen-bond donors (Lipinski definition) is 1. The maximum atomic E-state index is 14.5. The van der Waals surface area contributed by atoms with E-state index in [1.807, 2.05) is 0 Å². The lowest BCUT2D eigenvalue weighted by Gasteiger charge is -2.29. The Labute approximate surface area is 151 Å². The van der Waals surface area contributed by atoms with E-state index >= 15 is 0 Å². The number of rotatable bonds is 5. The second kappa shape index (κ2) is 8.12. The minimum absolute atomic E-state index is 0.0381. The summed E-state index contributed by atoms with van der Waals surface area (Å²) >= 11 is 0. The Bertz CT molecular complexity index is 768. The molecule has 0 unspecified atom stereocenters. The first-order valence-corrected chi connectivity index (χ1v) is 9.04. The third-order valence-corrected chi connectivity index (χ3v) is 5.26. The van der Waals surface area contributed by atoms with E-state index in [0.29, 0.717) is 25.0 Å². The van der Waals surface area contributed by atoms with Crippen molar-refractivity contribution in [2.24, 2.45) is 0 Å². The van der Waals surface area contributed by atoms with Crippen LogP contribution in [0.2, 0.25) is 0 Å². The molecule has 140 valence electrons. The summed E-state index contributed by atoms with van der Waals surface area (Å²) in [6.45, 7) is 2.32. The second-order valence-corrected chi connectivity index (χ2v) is 6.84. The van der Waals surface area contributed by atoms with Crippen LogP contribution in [0.15, 0.2) is 30.3 Å². The van der Waals surface area contributed by atoms with Gasteiger partial charge in [0.25, 0.3) is 0 Å². The number of aromatic hydroxyl groups is 1. The van der Waals surface area contributed by atoms with Gasteiger partial charge in [-0.15, -0.1) is 0 Å². The average Bonchev–Trinajstić information content (AvgIpc) is 2.65. The normalized spacial score (nSPS) is 20.3. The molecule has 2 nitrogen and oxygen atoms in total. The minimum Gasteiger partial charge on any atom is -0.505 e. The summed E-state index contributed by atoms with van der Waals surface area (Å²) < 4.78 is 47.4. The summed E-state index contributed by atoms with van der Waals surface area (Å²) in [5, 5.41) is 9.30. The number of phenols is 1. The van der Waals surface area contributed by atoms with Crippen molar-refractivity contribution in [1.82, 2.24) is 0 Å². The molecule has 2 aromatic rings. The van der Waals surface area contributed by atoms with E-state index in [1.54, 1.807) is 25.1 Å². The van der Waals surface area contributed by atoms with Gasteiger partial charge in [0, 0.05) is 12.2 Å². The van der Waals surface area contributed by atoms with Crippen LogP contribution in [0, 0.1) is 17.5 Å². The van der Waals surface area contributed by atoms with E-state index in [4.69, 9.17) is 4.74 Å². The van der Waals surface area contributed by atoms with Crippen LogP contribution in [0.1, 0.15) is 61.1 Å². The van der Waals surface area contributed by atoms with E-state index < -0.39 is 17.5 Å². The fourth-order valence-corrected chi connectivity index (χ4v) is 3.76. The molecule has 0 bridgehead atoms. The van der Waals surface area contributed by atoms with Crippen LogP contribution in [0.5, 0.6) is 5.75 Å². The van der Waals surface area contributed by atoms with Crippen molar-refractivity contribution in [2.45, 2.75) is 51.0 Å². The van der Waals surface area contributed by atoms with E-state index in [1.165, 1.54) is 12.1 Å². The number of hydrogen-bond acceptors (Lipinski definition) is 2. The number of benzene rings is 2. The highest BCUT2D eigenvalue weighted by atomic mass is 19.2. The van der Waals surface area contributed by atoms with Gasteiger partial charge in [0.1, 0.15) is 0 Å². The van der Waals surface area contributed by atoms with Gasteiger partial charge in [-0.2, -0.15) is 0 Å². The van der Waals surface area contributed by atoms with Gasteiger partial charge in [-0.05, 0) is 67.7 Å². The second-order valence-electron chi connectivity index (χ2n) is 6.84. The fourth-order valence-electron chi connectivity index (χ4n) is 3.76. The molecule has 1 fully saturated rings. The lowest BCUT2D eigenvalue weighted by atomic mass is 9.76. The molecule has 0 spiro atoms. The first kappa shape index (κ1) is 18.8. The van der Waals surface area contributed by atoms with Crippen LogP contribution in [-0.4, -0.2) is 11.7 Å². The van der Waals surface area contributed by atoms with Crippen molar-refractivity contribution in [2.75, 3.05) is 6.61 Å². The molecule has 0 heterocycles. The first-order valence-electron chi connectivity index (χ1n) is 9.04. The molecule has 0 radical (unpaired) electrons. The van der Waals surface area contributed by atoms with Gasteiger partial charge in [0.2, 0.25) is 0 Å². The molecule has 26 heavy (non-hydrogen) atoms. The molecular formula is C21H23F3O2. The number of halogens is 3. The smallest absolute Gasteiger partial charge is 0.165 e. The van der Waals surface area contributed by atoms with Gasteiger partial charge >= 0.3 is 0 Å². The largest absolute Gasteiger partial charge is 0.505 e. The van der Waals surface area contributed by atoms with Crippen molar-refractivity contribution in [1.29, 1.82) is 0 Å². The summed E-state index contributed by atoms with van der Waals surface area (Å²) in [7, 11) is 0. The van der Waals surface area contributed by atoms with E-state index in [-0.39, 0.29) is 29.8 Å². The van der Waals surface area contributed by atoms with Gasteiger partial charge in [0.05, 0.1) is 6.61 Å². The predicted octanol–water partition coefficient (Wildman–Crippen LogP) is 5.79. The Morgan fingerprint density at radius 1 is 0.962 bits per heavy atom. The molecule has 0 amide bonds. The first-order chi connectivity index (χ1) is 12.5. The Kier molecular flexibility index (Phi) is 5.87. The Morgan fingerprint density at radius 3 is 2.31 bits per heavy atom. The van der Waals surface area contributed by atoms with Gasteiger partial charge < -0.3 is 9.84 Å².